The Bertz CT molecular complexity index is 825. The van der Waals surface area contributed by atoms with E-state index in [1.807, 2.05) is 29.2 Å². The van der Waals surface area contributed by atoms with E-state index < -0.39 is 4.92 Å². The first-order chi connectivity index (χ1) is 12.1. The Labute approximate surface area is 145 Å². The average molecular weight is 339 g/mol. The minimum absolute atomic E-state index is 0.155. The fourth-order valence-electron chi connectivity index (χ4n) is 2.85. The Morgan fingerprint density at radius 2 is 1.92 bits per heavy atom. The molecule has 1 aromatic heterocycles. The van der Waals surface area contributed by atoms with Crippen LogP contribution in [0.3, 0.4) is 0 Å². The van der Waals surface area contributed by atoms with Gasteiger partial charge in [0, 0.05) is 44.0 Å². The normalized spacial score (nSPS) is 14.1. The summed E-state index contributed by atoms with van der Waals surface area (Å²) in [6, 6.07) is 12.6. The molecule has 1 aromatic carbocycles. The second kappa shape index (κ2) is 7.05. The minimum Gasteiger partial charge on any atom is -0.497 e. The lowest BCUT2D eigenvalue weighted by Crippen LogP contribution is -2.46. The summed E-state index contributed by atoms with van der Waals surface area (Å²) < 4.78 is 5.26. The van der Waals surface area contributed by atoms with Crippen molar-refractivity contribution in [2.75, 3.05) is 43.1 Å². The van der Waals surface area contributed by atoms with Gasteiger partial charge in [0.25, 0.3) is 0 Å². The molecular formula is C17H17N5O3. The highest BCUT2D eigenvalue weighted by atomic mass is 16.6. The van der Waals surface area contributed by atoms with Crippen LogP contribution >= 0.6 is 0 Å². The second-order valence-corrected chi connectivity index (χ2v) is 5.58. The number of rotatable bonds is 4. The topological polar surface area (TPSA) is 95.5 Å². The molecule has 1 saturated heterocycles. The highest BCUT2D eigenvalue weighted by Crippen LogP contribution is 2.25. The van der Waals surface area contributed by atoms with Crippen LogP contribution in [0.1, 0.15) is 5.69 Å². The summed E-state index contributed by atoms with van der Waals surface area (Å²) >= 11 is 0. The van der Waals surface area contributed by atoms with Crippen LogP contribution in [0, 0.1) is 21.4 Å². The Kier molecular flexibility index (Phi) is 4.66. The van der Waals surface area contributed by atoms with Crippen molar-refractivity contribution in [2.45, 2.75) is 0 Å². The fraction of sp³-hybridized carbons (Fsp3) is 0.294. The fourth-order valence-corrected chi connectivity index (χ4v) is 2.85. The van der Waals surface area contributed by atoms with Gasteiger partial charge in [0.15, 0.2) is 0 Å². The molecule has 0 amide bonds. The lowest BCUT2D eigenvalue weighted by molar-refractivity contribution is -0.385. The number of nitro groups is 1. The molecule has 0 atom stereocenters. The molecule has 0 N–H and O–H groups in total. The van der Waals surface area contributed by atoms with E-state index in [9.17, 15) is 10.1 Å². The molecule has 0 radical (unpaired) electrons. The Morgan fingerprint density at radius 1 is 1.20 bits per heavy atom. The largest absolute Gasteiger partial charge is 0.497 e. The summed E-state index contributed by atoms with van der Waals surface area (Å²) in [6.07, 6.45) is 0. The first kappa shape index (κ1) is 16.5. The van der Waals surface area contributed by atoms with Gasteiger partial charge in [0.05, 0.1) is 12.0 Å². The predicted octanol–water partition coefficient (Wildman–Crippen LogP) is 2.20. The van der Waals surface area contributed by atoms with Crippen LogP contribution in [0.4, 0.5) is 17.2 Å². The van der Waals surface area contributed by atoms with Crippen molar-refractivity contribution in [1.82, 2.24) is 4.98 Å². The summed E-state index contributed by atoms with van der Waals surface area (Å²) in [7, 11) is 1.64. The van der Waals surface area contributed by atoms with Crippen molar-refractivity contribution >= 4 is 17.2 Å². The van der Waals surface area contributed by atoms with Crippen LogP contribution in [-0.2, 0) is 0 Å². The molecule has 25 heavy (non-hydrogen) atoms. The van der Waals surface area contributed by atoms with E-state index in [0.29, 0.717) is 18.9 Å². The third kappa shape index (κ3) is 3.45. The SMILES string of the molecule is COc1cccc(N2CCN(c3ccc([N+](=O)[O-])c(C#N)n3)CC2)c1. The Balaban J connectivity index is 1.72. The molecule has 1 fully saturated rings. The smallest absolute Gasteiger partial charge is 0.305 e. The molecule has 8 nitrogen and oxygen atoms in total. The molecule has 0 bridgehead atoms. The monoisotopic (exact) mass is 339 g/mol. The molecule has 0 spiro atoms. The summed E-state index contributed by atoms with van der Waals surface area (Å²) in [5.74, 6) is 1.41. The van der Waals surface area contributed by atoms with E-state index in [0.717, 1.165) is 24.5 Å². The van der Waals surface area contributed by atoms with E-state index >= 15 is 0 Å². The predicted molar refractivity (Wildman–Crippen MR) is 93.0 cm³/mol. The standard InChI is InChI=1S/C17H17N5O3/c1-25-14-4-2-3-13(11-14)20-7-9-21(10-8-20)17-6-5-16(22(23)24)15(12-18)19-17/h2-6,11H,7-10H2,1H3. The average Bonchev–Trinajstić information content (AvgIpc) is 2.67. The van der Waals surface area contributed by atoms with Gasteiger partial charge < -0.3 is 14.5 Å². The van der Waals surface area contributed by atoms with Crippen molar-refractivity contribution in [2.24, 2.45) is 0 Å². The molecule has 2 heterocycles. The number of hydrogen-bond donors (Lipinski definition) is 0. The molecule has 2 aromatic rings. The van der Waals surface area contributed by atoms with Gasteiger partial charge in [-0.05, 0) is 18.2 Å². The molecular weight excluding hydrogens is 322 g/mol. The number of ether oxygens (including phenoxy) is 1. The molecule has 0 unspecified atom stereocenters. The molecule has 3 rings (SSSR count). The third-order valence-electron chi connectivity index (χ3n) is 4.18. The Hall–Kier alpha value is -3.34. The zero-order chi connectivity index (χ0) is 17.8. The Morgan fingerprint density at radius 3 is 2.56 bits per heavy atom. The van der Waals surface area contributed by atoms with Gasteiger partial charge in [-0.25, -0.2) is 4.98 Å². The van der Waals surface area contributed by atoms with E-state index in [-0.39, 0.29) is 11.4 Å². The number of pyridine rings is 1. The highest BCUT2D eigenvalue weighted by Gasteiger charge is 2.22. The molecule has 1 aliphatic heterocycles. The van der Waals surface area contributed by atoms with Crippen molar-refractivity contribution in [3.05, 3.63) is 52.2 Å². The first-order valence-corrected chi connectivity index (χ1v) is 7.82. The molecule has 128 valence electrons. The second-order valence-electron chi connectivity index (χ2n) is 5.58. The zero-order valence-electron chi connectivity index (χ0n) is 13.8. The number of methoxy groups -OCH3 is 1. The maximum atomic E-state index is 10.9. The molecule has 8 heteroatoms. The van der Waals surface area contributed by atoms with Crippen molar-refractivity contribution in [3.8, 4) is 11.8 Å². The van der Waals surface area contributed by atoms with E-state index in [4.69, 9.17) is 10.00 Å². The third-order valence-corrected chi connectivity index (χ3v) is 4.18. The van der Waals surface area contributed by atoms with Crippen LogP contribution in [-0.4, -0.2) is 43.2 Å². The van der Waals surface area contributed by atoms with Gasteiger partial charge in [-0.1, -0.05) is 6.07 Å². The molecule has 1 aliphatic rings. The van der Waals surface area contributed by atoms with Gasteiger partial charge in [-0.3, -0.25) is 10.1 Å². The van der Waals surface area contributed by atoms with Crippen molar-refractivity contribution in [1.29, 1.82) is 5.26 Å². The number of nitriles is 1. The van der Waals surface area contributed by atoms with Crippen LogP contribution in [0.25, 0.3) is 0 Å². The van der Waals surface area contributed by atoms with Crippen LogP contribution in [0.5, 0.6) is 5.75 Å². The summed E-state index contributed by atoms with van der Waals surface area (Å²) in [4.78, 5) is 18.7. The summed E-state index contributed by atoms with van der Waals surface area (Å²) in [6.45, 7) is 3.00. The van der Waals surface area contributed by atoms with E-state index in [1.165, 1.54) is 6.07 Å². The number of benzene rings is 1. The van der Waals surface area contributed by atoms with Crippen LogP contribution in [0.2, 0.25) is 0 Å². The maximum absolute atomic E-state index is 10.9. The van der Waals surface area contributed by atoms with Crippen molar-refractivity contribution < 1.29 is 9.66 Å². The van der Waals surface area contributed by atoms with Crippen LogP contribution < -0.4 is 14.5 Å². The zero-order valence-corrected chi connectivity index (χ0v) is 13.8. The number of anilines is 2. The van der Waals surface area contributed by atoms with Gasteiger partial charge in [0.1, 0.15) is 17.6 Å². The van der Waals surface area contributed by atoms with Gasteiger partial charge in [0.2, 0.25) is 5.69 Å². The number of nitrogens with zero attached hydrogens (tertiary/aromatic N) is 5. The van der Waals surface area contributed by atoms with E-state index in [1.54, 1.807) is 19.2 Å². The van der Waals surface area contributed by atoms with E-state index in [2.05, 4.69) is 9.88 Å². The summed E-state index contributed by atoms with van der Waals surface area (Å²) in [5.41, 5.74) is 0.673. The molecule has 0 saturated carbocycles. The van der Waals surface area contributed by atoms with Gasteiger partial charge in [-0.2, -0.15) is 5.26 Å². The lowest BCUT2D eigenvalue weighted by atomic mass is 10.2. The van der Waals surface area contributed by atoms with Gasteiger partial charge in [-0.15, -0.1) is 0 Å². The first-order valence-electron chi connectivity index (χ1n) is 7.82. The van der Waals surface area contributed by atoms with Gasteiger partial charge >= 0.3 is 5.69 Å². The number of piperazine rings is 1. The number of aromatic nitrogens is 1. The highest BCUT2D eigenvalue weighted by molar-refractivity contribution is 5.55. The lowest BCUT2D eigenvalue weighted by Gasteiger charge is -2.36. The van der Waals surface area contributed by atoms with Crippen LogP contribution in [0.15, 0.2) is 36.4 Å². The summed E-state index contributed by atoms with van der Waals surface area (Å²) in [5, 5.41) is 20.0. The maximum Gasteiger partial charge on any atom is 0.305 e. The van der Waals surface area contributed by atoms with Crippen molar-refractivity contribution in [3.63, 3.8) is 0 Å². The molecule has 0 aliphatic carbocycles. The quantitative estimate of drug-likeness (QED) is 0.622. The minimum atomic E-state index is -0.587. The number of hydrogen-bond acceptors (Lipinski definition) is 7.